The molecule has 0 N–H and O–H groups in total. The first kappa shape index (κ1) is 19.1. The van der Waals surface area contributed by atoms with Crippen LogP contribution >= 0.6 is 0 Å². The molecule has 0 atom stereocenters. The molecule has 1 amide bonds. The summed E-state index contributed by atoms with van der Waals surface area (Å²) in [5, 5.41) is 9.26. The molecule has 6 rings (SSSR count). The van der Waals surface area contributed by atoms with E-state index >= 15 is 0 Å². The maximum atomic E-state index is 13.5. The van der Waals surface area contributed by atoms with E-state index in [9.17, 15) is 18.5 Å². The van der Waals surface area contributed by atoms with Crippen LogP contribution in [0.15, 0.2) is 29.2 Å². The maximum absolute atomic E-state index is 13.5. The largest absolute Gasteiger partial charge is 0.340 e. The van der Waals surface area contributed by atoms with Gasteiger partial charge < -0.3 is 4.90 Å². The van der Waals surface area contributed by atoms with Crippen LogP contribution in [0.5, 0.6) is 0 Å². The summed E-state index contributed by atoms with van der Waals surface area (Å²) in [6, 6.07) is 8.29. The summed E-state index contributed by atoms with van der Waals surface area (Å²) in [6.45, 7) is 1.46. The number of carbonyl (C=O) groups excluding carboxylic acids is 1. The fraction of sp³-hybridized carbons (Fsp3) is 0.636. The molecule has 4 bridgehead atoms. The number of hydrogen-bond donors (Lipinski definition) is 0. The number of nitrogens with zero attached hydrogens (tertiary/aromatic N) is 3. The molecule has 0 radical (unpaired) electrons. The fourth-order valence-electron chi connectivity index (χ4n) is 6.76. The van der Waals surface area contributed by atoms with Crippen molar-refractivity contribution in [2.75, 3.05) is 26.2 Å². The molecule has 154 valence electrons. The van der Waals surface area contributed by atoms with Gasteiger partial charge in [-0.15, -0.1) is 0 Å². The predicted molar refractivity (Wildman–Crippen MR) is 107 cm³/mol. The van der Waals surface area contributed by atoms with Crippen LogP contribution in [0.4, 0.5) is 0 Å². The van der Waals surface area contributed by atoms with Gasteiger partial charge in [-0.05, 0) is 68.4 Å². The first-order valence-electron chi connectivity index (χ1n) is 10.7. The quantitative estimate of drug-likeness (QED) is 0.763. The van der Waals surface area contributed by atoms with Gasteiger partial charge in [-0.25, -0.2) is 8.42 Å². The average molecular weight is 414 g/mol. The molecule has 7 heteroatoms. The van der Waals surface area contributed by atoms with Gasteiger partial charge in [0, 0.05) is 26.2 Å². The molecule has 4 aliphatic carbocycles. The molecule has 1 saturated heterocycles. The Morgan fingerprint density at radius 3 is 2.07 bits per heavy atom. The van der Waals surface area contributed by atoms with E-state index in [1.807, 2.05) is 11.0 Å². The summed E-state index contributed by atoms with van der Waals surface area (Å²) in [5.41, 5.74) is -0.0111. The Bertz CT molecular complexity index is 938. The molecular formula is C22H27N3O3S. The number of rotatable bonds is 3. The summed E-state index contributed by atoms with van der Waals surface area (Å²) >= 11 is 0. The first-order chi connectivity index (χ1) is 13.9. The second-order valence-electron chi connectivity index (χ2n) is 9.50. The molecule has 1 aromatic rings. The number of sulfonamides is 1. The highest BCUT2D eigenvalue weighted by molar-refractivity contribution is 7.89. The van der Waals surface area contributed by atoms with Crippen LogP contribution in [0, 0.1) is 34.5 Å². The molecular weight excluding hydrogens is 386 g/mol. The van der Waals surface area contributed by atoms with E-state index < -0.39 is 10.0 Å². The molecule has 4 saturated carbocycles. The van der Waals surface area contributed by atoms with Gasteiger partial charge in [0.15, 0.2) is 0 Å². The molecule has 5 aliphatic rings. The van der Waals surface area contributed by atoms with E-state index in [2.05, 4.69) is 0 Å². The van der Waals surface area contributed by atoms with Crippen molar-refractivity contribution in [2.45, 2.75) is 43.4 Å². The summed E-state index contributed by atoms with van der Waals surface area (Å²) in [6.07, 6.45) is 7.01. The molecule has 1 heterocycles. The normalized spacial score (nSPS) is 34.2. The van der Waals surface area contributed by atoms with Gasteiger partial charge in [-0.3, -0.25) is 4.79 Å². The topological polar surface area (TPSA) is 81.5 Å². The van der Waals surface area contributed by atoms with Gasteiger partial charge >= 0.3 is 0 Å². The third kappa shape index (κ3) is 3.08. The Balaban J connectivity index is 1.30. The van der Waals surface area contributed by atoms with Gasteiger partial charge in [0.1, 0.15) is 6.07 Å². The van der Waals surface area contributed by atoms with Crippen molar-refractivity contribution >= 4 is 15.9 Å². The highest BCUT2D eigenvalue weighted by atomic mass is 32.2. The highest BCUT2D eigenvalue weighted by Gasteiger charge is 2.55. The lowest BCUT2D eigenvalue weighted by Gasteiger charge is -2.57. The number of benzene rings is 1. The second kappa shape index (κ2) is 6.82. The third-order valence-corrected chi connectivity index (χ3v) is 9.60. The van der Waals surface area contributed by atoms with Crippen molar-refractivity contribution in [3.8, 4) is 6.07 Å². The van der Waals surface area contributed by atoms with E-state index in [-0.39, 0.29) is 21.8 Å². The van der Waals surface area contributed by atoms with E-state index in [4.69, 9.17) is 0 Å². The smallest absolute Gasteiger partial charge is 0.244 e. The molecule has 5 fully saturated rings. The molecule has 1 aliphatic heterocycles. The predicted octanol–water partition coefficient (Wildman–Crippen LogP) is 2.61. The van der Waals surface area contributed by atoms with Crippen molar-refractivity contribution in [1.29, 1.82) is 5.26 Å². The van der Waals surface area contributed by atoms with E-state index in [0.717, 1.165) is 19.3 Å². The zero-order valence-electron chi connectivity index (χ0n) is 16.6. The highest BCUT2D eigenvalue weighted by Crippen LogP contribution is 2.60. The van der Waals surface area contributed by atoms with Gasteiger partial charge in [0.05, 0.1) is 15.9 Å². The second-order valence-corrected chi connectivity index (χ2v) is 11.4. The van der Waals surface area contributed by atoms with E-state index in [1.54, 1.807) is 12.1 Å². The minimum absolute atomic E-state index is 0.0587. The fourth-order valence-corrected chi connectivity index (χ4v) is 8.33. The van der Waals surface area contributed by atoms with Crippen molar-refractivity contribution in [3.63, 3.8) is 0 Å². The van der Waals surface area contributed by atoms with Crippen molar-refractivity contribution in [3.05, 3.63) is 29.8 Å². The lowest BCUT2D eigenvalue weighted by molar-refractivity contribution is -0.158. The van der Waals surface area contributed by atoms with Crippen LogP contribution in [0.3, 0.4) is 0 Å². The number of piperazine rings is 1. The average Bonchev–Trinajstić information content (AvgIpc) is 2.72. The minimum atomic E-state index is -3.73. The Hall–Kier alpha value is -1.91. The number of hydrogen-bond acceptors (Lipinski definition) is 4. The lowest BCUT2D eigenvalue weighted by atomic mass is 9.49. The van der Waals surface area contributed by atoms with Crippen LogP contribution in [0.25, 0.3) is 0 Å². The molecule has 29 heavy (non-hydrogen) atoms. The molecule has 0 aromatic heterocycles. The zero-order chi connectivity index (χ0) is 20.2. The Kier molecular flexibility index (Phi) is 4.48. The number of nitriles is 1. The van der Waals surface area contributed by atoms with E-state index in [1.165, 1.54) is 35.7 Å². The Labute approximate surface area is 172 Å². The van der Waals surface area contributed by atoms with Crippen LogP contribution < -0.4 is 0 Å². The van der Waals surface area contributed by atoms with Crippen molar-refractivity contribution in [2.24, 2.45) is 23.2 Å². The summed E-state index contributed by atoms with van der Waals surface area (Å²) in [4.78, 5) is 15.5. The van der Waals surface area contributed by atoms with Gasteiger partial charge in [-0.1, -0.05) is 12.1 Å². The lowest BCUT2D eigenvalue weighted by Crippen LogP contribution is -2.58. The van der Waals surface area contributed by atoms with Gasteiger partial charge in [0.2, 0.25) is 15.9 Å². The SMILES string of the molecule is N#Cc1ccccc1S(=O)(=O)N1CCN(C(=O)C23CC4CC(CC(C4)C2)C3)CC1. The first-order valence-corrected chi connectivity index (χ1v) is 12.1. The summed E-state index contributed by atoms with van der Waals surface area (Å²) in [7, 11) is -3.73. The maximum Gasteiger partial charge on any atom is 0.244 e. The van der Waals surface area contributed by atoms with Crippen LogP contribution in [0.1, 0.15) is 44.1 Å². The molecule has 0 unspecified atom stereocenters. The zero-order valence-corrected chi connectivity index (χ0v) is 17.4. The van der Waals surface area contributed by atoms with Crippen molar-refractivity contribution < 1.29 is 13.2 Å². The summed E-state index contributed by atoms with van der Waals surface area (Å²) in [5.74, 6) is 2.42. The molecule has 0 spiro atoms. The Morgan fingerprint density at radius 2 is 1.52 bits per heavy atom. The summed E-state index contributed by atoms with van der Waals surface area (Å²) < 4.78 is 27.5. The van der Waals surface area contributed by atoms with Gasteiger partial charge in [0.25, 0.3) is 0 Å². The van der Waals surface area contributed by atoms with Crippen LogP contribution in [-0.2, 0) is 14.8 Å². The standard InChI is InChI=1S/C22H27N3O3S/c23-15-19-3-1-2-4-20(19)29(27,28)25-7-5-24(6-8-25)21(26)22-12-16-9-17(13-22)11-18(10-16)14-22/h1-4,16-18H,5-14H2. The molecule has 1 aromatic carbocycles. The number of carbonyl (C=O) groups is 1. The van der Waals surface area contributed by atoms with Crippen molar-refractivity contribution in [1.82, 2.24) is 9.21 Å². The van der Waals surface area contributed by atoms with E-state index in [0.29, 0.717) is 43.9 Å². The third-order valence-electron chi connectivity index (χ3n) is 7.64. The minimum Gasteiger partial charge on any atom is -0.340 e. The molecule has 6 nitrogen and oxygen atoms in total. The number of amides is 1. The Morgan fingerprint density at radius 1 is 0.966 bits per heavy atom. The van der Waals surface area contributed by atoms with Crippen LogP contribution in [-0.4, -0.2) is 49.7 Å². The monoisotopic (exact) mass is 413 g/mol. The van der Waals surface area contributed by atoms with Gasteiger partial charge in [-0.2, -0.15) is 9.57 Å². The van der Waals surface area contributed by atoms with Crippen LogP contribution in [0.2, 0.25) is 0 Å².